The van der Waals surface area contributed by atoms with E-state index >= 15 is 0 Å². The molecule has 16 heavy (non-hydrogen) atoms. The van der Waals surface area contributed by atoms with E-state index in [4.69, 9.17) is 0 Å². The van der Waals surface area contributed by atoms with Gasteiger partial charge in [0.2, 0.25) is 0 Å². The monoisotopic (exact) mass is 211 g/mol. The molecule has 0 unspecified atom stereocenters. The number of hydrogen-bond acceptors (Lipinski definition) is 1. The van der Waals surface area contributed by atoms with Gasteiger partial charge in [0.25, 0.3) is 5.91 Å². The molecule has 1 aromatic carbocycles. The zero-order valence-corrected chi connectivity index (χ0v) is 8.99. The van der Waals surface area contributed by atoms with Crippen LogP contribution in [0.5, 0.6) is 0 Å². The lowest BCUT2D eigenvalue weighted by Crippen LogP contribution is -2.03. The van der Waals surface area contributed by atoms with Crippen molar-refractivity contribution in [3.63, 3.8) is 0 Å². The molecule has 0 saturated carbocycles. The fourth-order valence-corrected chi connectivity index (χ4v) is 2.29. The molecule has 0 saturated heterocycles. The molecular formula is C14H13NO. The van der Waals surface area contributed by atoms with Crippen molar-refractivity contribution >= 4 is 17.2 Å². The number of nitrogens with one attached hydrogen (secondary N) is 1. The molecule has 3 rings (SSSR count). The van der Waals surface area contributed by atoms with Crippen LogP contribution >= 0.6 is 0 Å². The summed E-state index contributed by atoms with van der Waals surface area (Å²) in [7, 11) is 0. The fourth-order valence-electron chi connectivity index (χ4n) is 2.29. The predicted octanol–water partition coefficient (Wildman–Crippen LogP) is 3.13. The maximum atomic E-state index is 11.8. The summed E-state index contributed by atoms with van der Waals surface area (Å²) in [6.07, 6.45) is 7.71. The summed E-state index contributed by atoms with van der Waals surface area (Å²) in [5.74, 6) is 0.0222. The second kappa shape index (κ2) is 3.63. The first-order valence-corrected chi connectivity index (χ1v) is 5.66. The van der Waals surface area contributed by atoms with Crippen molar-refractivity contribution in [2.45, 2.75) is 19.3 Å². The normalized spacial score (nSPS) is 20.9. The summed E-state index contributed by atoms with van der Waals surface area (Å²) in [5, 5.41) is 2.89. The highest BCUT2D eigenvalue weighted by atomic mass is 16.1. The van der Waals surface area contributed by atoms with Gasteiger partial charge in [-0.3, -0.25) is 4.79 Å². The van der Waals surface area contributed by atoms with Crippen LogP contribution in [-0.4, -0.2) is 5.91 Å². The Morgan fingerprint density at radius 3 is 2.94 bits per heavy atom. The Morgan fingerprint density at radius 1 is 1.25 bits per heavy atom. The number of carbonyl (C=O) groups is 1. The van der Waals surface area contributed by atoms with Gasteiger partial charge in [-0.2, -0.15) is 0 Å². The topological polar surface area (TPSA) is 29.1 Å². The molecule has 0 bridgehead atoms. The van der Waals surface area contributed by atoms with E-state index in [9.17, 15) is 4.79 Å². The highest BCUT2D eigenvalue weighted by Gasteiger charge is 2.23. The molecule has 1 aromatic rings. The van der Waals surface area contributed by atoms with Gasteiger partial charge < -0.3 is 5.32 Å². The standard InChI is InChI=1S/C14H13NO/c16-14-12(9-10-5-1-2-6-10)11-7-3-4-8-13(11)15-14/h3-5,7-9H,1-2,6H2,(H,15,16)/b12-9-. The van der Waals surface area contributed by atoms with Gasteiger partial charge in [0.1, 0.15) is 0 Å². The van der Waals surface area contributed by atoms with Crippen LogP contribution in [0.3, 0.4) is 0 Å². The number of hydrogen-bond donors (Lipinski definition) is 1. The van der Waals surface area contributed by atoms with Gasteiger partial charge in [0.05, 0.1) is 0 Å². The molecule has 1 heterocycles. The molecule has 0 atom stereocenters. The van der Waals surface area contributed by atoms with Gasteiger partial charge in [-0.05, 0) is 31.4 Å². The minimum Gasteiger partial charge on any atom is -0.321 e. The Kier molecular flexibility index (Phi) is 2.13. The summed E-state index contributed by atoms with van der Waals surface area (Å²) in [6, 6.07) is 7.85. The zero-order chi connectivity index (χ0) is 11.0. The van der Waals surface area contributed by atoms with Gasteiger partial charge >= 0.3 is 0 Å². The number of fused-ring (bicyclic) bond motifs is 1. The van der Waals surface area contributed by atoms with Crippen LogP contribution in [0.1, 0.15) is 24.8 Å². The Morgan fingerprint density at radius 2 is 2.12 bits per heavy atom. The molecule has 0 fully saturated rings. The number of carbonyl (C=O) groups excluding carboxylic acids is 1. The number of rotatable bonds is 1. The minimum atomic E-state index is 0.0222. The van der Waals surface area contributed by atoms with Crippen LogP contribution in [0.2, 0.25) is 0 Å². The van der Waals surface area contributed by atoms with Crippen LogP contribution in [0.4, 0.5) is 5.69 Å². The summed E-state index contributed by atoms with van der Waals surface area (Å²) >= 11 is 0. The van der Waals surface area contributed by atoms with Crippen molar-refractivity contribution in [1.29, 1.82) is 0 Å². The number of benzene rings is 1. The average molecular weight is 211 g/mol. The van der Waals surface area contributed by atoms with Gasteiger partial charge in [-0.25, -0.2) is 0 Å². The van der Waals surface area contributed by atoms with Gasteiger partial charge in [0.15, 0.2) is 0 Å². The second-order valence-electron chi connectivity index (χ2n) is 4.23. The van der Waals surface area contributed by atoms with Crippen molar-refractivity contribution < 1.29 is 4.79 Å². The maximum absolute atomic E-state index is 11.8. The average Bonchev–Trinajstić information content (AvgIpc) is 2.89. The molecule has 1 amide bonds. The molecule has 0 spiro atoms. The third-order valence-corrected chi connectivity index (χ3v) is 3.12. The number of para-hydroxylation sites is 1. The second-order valence-corrected chi connectivity index (χ2v) is 4.23. The fraction of sp³-hybridized carbons (Fsp3) is 0.214. The van der Waals surface area contributed by atoms with E-state index in [0.29, 0.717) is 0 Å². The maximum Gasteiger partial charge on any atom is 0.256 e. The lowest BCUT2D eigenvalue weighted by Gasteiger charge is -1.97. The van der Waals surface area contributed by atoms with Gasteiger partial charge in [-0.15, -0.1) is 0 Å². The van der Waals surface area contributed by atoms with Crippen molar-refractivity contribution in [1.82, 2.24) is 0 Å². The smallest absolute Gasteiger partial charge is 0.256 e. The molecule has 0 radical (unpaired) electrons. The highest BCUT2D eigenvalue weighted by molar-refractivity contribution is 6.31. The van der Waals surface area contributed by atoms with Crippen molar-refractivity contribution in [3.05, 3.63) is 47.6 Å². The van der Waals surface area contributed by atoms with Crippen LogP contribution in [0, 0.1) is 0 Å². The quantitative estimate of drug-likeness (QED) is 0.710. The third-order valence-electron chi connectivity index (χ3n) is 3.12. The van der Waals surface area contributed by atoms with E-state index in [0.717, 1.165) is 29.7 Å². The van der Waals surface area contributed by atoms with E-state index in [1.54, 1.807) is 0 Å². The Labute approximate surface area is 94.7 Å². The molecule has 2 aliphatic rings. The molecule has 1 N–H and O–H groups in total. The lowest BCUT2D eigenvalue weighted by molar-refractivity contribution is -0.110. The summed E-state index contributed by atoms with van der Waals surface area (Å²) < 4.78 is 0. The van der Waals surface area contributed by atoms with Gasteiger partial charge in [-0.1, -0.05) is 29.8 Å². The Hall–Kier alpha value is -1.83. The molecule has 2 nitrogen and oxygen atoms in total. The molecule has 80 valence electrons. The predicted molar refractivity (Wildman–Crippen MR) is 65.0 cm³/mol. The number of anilines is 1. The van der Waals surface area contributed by atoms with Crippen LogP contribution in [0.15, 0.2) is 42.0 Å². The molecule has 1 aliphatic carbocycles. The molecule has 2 heteroatoms. The van der Waals surface area contributed by atoms with E-state index < -0.39 is 0 Å². The minimum absolute atomic E-state index is 0.0222. The third kappa shape index (κ3) is 1.47. The summed E-state index contributed by atoms with van der Waals surface area (Å²) in [5.41, 5.74) is 4.06. The van der Waals surface area contributed by atoms with Crippen molar-refractivity contribution in [2.24, 2.45) is 0 Å². The van der Waals surface area contributed by atoms with Crippen molar-refractivity contribution in [2.75, 3.05) is 5.32 Å². The molecule has 1 aliphatic heterocycles. The van der Waals surface area contributed by atoms with E-state index in [1.165, 1.54) is 12.0 Å². The van der Waals surface area contributed by atoms with Crippen molar-refractivity contribution in [3.8, 4) is 0 Å². The summed E-state index contributed by atoms with van der Waals surface area (Å²) in [6.45, 7) is 0. The largest absolute Gasteiger partial charge is 0.321 e. The Balaban J connectivity index is 2.04. The van der Waals surface area contributed by atoms with Crippen LogP contribution < -0.4 is 5.32 Å². The first-order chi connectivity index (χ1) is 7.84. The first-order valence-electron chi connectivity index (χ1n) is 5.66. The van der Waals surface area contributed by atoms with Gasteiger partial charge in [0, 0.05) is 16.8 Å². The summed E-state index contributed by atoms with van der Waals surface area (Å²) in [4.78, 5) is 11.8. The Bertz CT molecular complexity index is 511. The van der Waals surface area contributed by atoms with E-state index in [-0.39, 0.29) is 5.91 Å². The van der Waals surface area contributed by atoms with E-state index in [1.807, 2.05) is 30.3 Å². The highest BCUT2D eigenvalue weighted by Crippen LogP contribution is 2.33. The van der Waals surface area contributed by atoms with Crippen LogP contribution in [-0.2, 0) is 4.79 Å². The van der Waals surface area contributed by atoms with Crippen LogP contribution in [0.25, 0.3) is 5.57 Å². The first kappa shape index (κ1) is 9.40. The molecule has 0 aromatic heterocycles. The van der Waals surface area contributed by atoms with E-state index in [2.05, 4.69) is 11.4 Å². The number of allylic oxidation sites excluding steroid dienone is 3. The molecular weight excluding hydrogens is 198 g/mol. The SMILES string of the molecule is O=C1Nc2ccccc2/C1=C/C1=CCCC1. The number of amides is 1. The zero-order valence-electron chi connectivity index (χ0n) is 8.99. The lowest BCUT2D eigenvalue weighted by atomic mass is 10.0.